The molecule has 1 aromatic heterocycles. The Morgan fingerprint density at radius 1 is 1.09 bits per heavy atom. The van der Waals surface area contributed by atoms with Crippen molar-refractivity contribution in [3.8, 4) is 0 Å². The molecule has 1 aromatic carbocycles. The van der Waals surface area contributed by atoms with E-state index >= 15 is 0 Å². The molecule has 2 aromatic rings. The Morgan fingerprint density at radius 3 is 2.48 bits per heavy atom. The number of benzene rings is 1. The first-order valence-electron chi connectivity index (χ1n) is 8.31. The molecule has 5 heteroatoms. The lowest BCUT2D eigenvalue weighted by molar-refractivity contribution is 0.681. The van der Waals surface area contributed by atoms with Crippen LogP contribution >= 0.6 is 0 Å². The summed E-state index contributed by atoms with van der Waals surface area (Å²) in [6.07, 6.45) is 2.31. The first-order valence-corrected chi connectivity index (χ1v) is 8.31. The summed E-state index contributed by atoms with van der Waals surface area (Å²) in [6, 6.07) is 11.0. The Bertz CT molecular complexity index is 627. The van der Waals surface area contributed by atoms with Crippen LogP contribution in [0.25, 0.3) is 0 Å². The van der Waals surface area contributed by atoms with E-state index in [4.69, 9.17) is 9.97 Å². The molecule has 0 saturated carbocycles. The van der Waals surface area contributed by atoms with Crippen molar-refractivity contribution in [2.45, 2.75) is 38.6 Å². The van der Waals surface area contributed by atoms with Gasteiger partial charge in [-0.15, -0.1) is 0 Å². The highest BCUT2D eigenvalue weighted by Crippen LogP contribution is 2.35. The van der Waals surface area contributed by atoms with Gasteiger partial charge in [0, 0.05) is 26.6 Å². The zero-order valence-corrected chi connectivity index (χ0v) is 14.4. The van der Waals surface area contributed by atoms with Gasteiger partial charge in [0.25, 0.3) is 0 Å². The third-order valence-electron chi connectivity index (χ3n) is 4.24. The Balaban J connectivity index is 1.99. The van der Waals surface area contributed by atoms with Gasteiger partial charge in [-0.1, -0.05) is 44.2 Å². The molecule has 23 heavy (non-hydrogen) atoms. The van der Waals surface area contributed by atoms with Crippen molar-refractivity contribution >= 4 is 11.9 Å². The van der Waals surface area contributed by atoms with Gasteiger partial charge in [0.2, 0.25) is 11.9 Å². The van der Waals surface area contributed by atoms with Gasteiger partial charge < -0.3 is 9.80 Å². The summed E-state index contributed by atoms with van der Waals surface area (Å²) in [5.74, 6) is 2.68. The van der Waals surface area contributed by atoms with Crippen molar-refractivity contribution in [2.75, 3.05) is 30.4 Å². The molecule has 0 aliphatic carbocycles. The fraction of sp³-hybridized carbons (Fsp3) is 0.500. The van der Waals surface area contributed by atoms with Crippen LogP contribution in [0.15, 0.2) is 30.3 Å². The van der Waals surface area contributed by atoms with Crippen LogP contribution in [0.5, 0.6) is 0 Å². The van der Waals surface area contributed by atoms with Gasteiger partial charge in [-0.3, -0.25) is 0 Å². The van der Waals surface area contributed by atoms with Gasteiger partial charge in [-0.05, 0) is 18.4 Å². The molecular formula is C18H25N5. The second kappa shape index (κ2) is 6.52. The molecule has 1 saturated heterocycles. The fourth-order valence-electron chi connectivity index (χ4n) is 2.98. The maximum atomic E-state index is 4.75. The maximum absolute atomic E-state index is 4.75. The summed E-state index contributed by atoms with van der Waals surface area (Å²) in [5, 5.41) is 0. The largest absolute Gasteiger partial charge is 0.347 e. The second-order valence-electron chi connectivity index (χ2n) is 6.60. The number of anilines is 2. The van der Waals surface area contributed by atoms with Gasteiger partial charge >= 0.3 is 0 Å². The van der Waals surface area contributed by atoms with Gasteiger partial charge in [0.15, 0.2) is 0 Å². The summed E-state index contributed by atoms with van der Waals surface area (Å²) >= 11 is 0. The van der Waals surface area contributed by atoms with Gasteiger partial charge in [0.05, 0.1) is 6.04 Å². The van der Waals surface area contributed by atoms with E-state index in [0.29, 0.717) is 6.04 Å². The summed E-state index contributed by atoms with van der Waals surface area (Å²) in [5.41, 5.74) is 1.34. The highest BCUT2D eigenvalue weighted by atomic mass is 15.3. The van der Waals surface area contributed by atoms with E-state index in [1.807, 2.05) is 19.0 Å². The van der Waals surface area contributed by atoms with E-state index in [1.165, 1.54) is 12.0 Å². The average Bonchev–Trinajstić information content (AvgIpc) is 3.04. The summed E-state index contributed by atoms with van der Waals surface area (Å²) in [7, 11) is 3.95. The minimum atomic E-state index is 0.285. The van der Waals surface area contributed by atoms with E-state index in [0.717, 1.165) is 30.7 Å². The molecule has 1 atom stereocenters. The van der Waals surface area contributed by atoms with Crippen molar-refractivity contribution in [3.63, 3.8) is 0 Å². The zero-order chi connectivity index (χ0) is 16.4. The Morgan fingerprint density at radius 2 is 1.83 bits per heavy atom. The highest BCUT2D eigenvalue weighted by molar-refractivity contribution is 5.43. The Labute approximate surface area is 138 Å². The summed E-state index contributed by atoms with van der Waals surface area (Å²) < 4.78 is 0. The van der Waals surface area contributed by atoms with Crippen molar-refractivity contribution < 1.29 is 0 Å². The lowest BCUT2D eigenvalue weighted by atomic mass is 10.1. The van der Waals surface area contributed by atoms with Crippen LogP contribution in [0.1, 0.15) is 50.0 Å². The predicted octanol–water partition coefficient (Wildman–Crippen LogP) is 3.40. The molecule has 1 unspecified atom stereocenters. The maximum Gasteiger partial charge on any atom is 0.230 e. The predicted molar refractivity (Wildman–Crippen MR) is 94.0 cm³/mol. The van der Waals surface area contributed by atoms with E-state index in [2.05, 4.69) is 54.1 Å². The second-order valence-corrected chi connectivity index (χ2v) is 6.60. The van der Waals surface area contributed by atoms with Crippen molar-refractivity contribution in [1.29, 1.82) is 0 Å². The molecule has 1 aliphatic heterocycles. The van der Waals surface area contributed by atoms with E-state index < -0.39 is 0 Å². The average molecular weight is 311 g/mol. The molecule has 0 bridgehead atoms. The standard InChI is InChI=1S/C18H25N5/c1-13(2)16-19-17(22(3)4)21-18(20-16)23-12-8-11-15(23)14-9-6-5-7-10-14/h5-7,9-10,13,15H,8,11-12H2,1-4H3. The van der Waals surface area contributed by atoms with Crippen molar-refractivity contribution in [2.24, 2.45) is 0 Å². The van der Waals surface area contributed by atoms with E-state index in [-0.39, 0.29) is 5.92 Å². The monoisotopic (exact) mass is 311 g/mol. The highest BCUT2D eigenvalue weighted by Gasteiger charge is 2.29. The van der Waals surface area contributed by atoms with Crippen LogP contribution in [-0.4, -0.2) is 35.6 Å². The Kier molecular flexibility index (Phi) is 4.46. The molecule has 0 amide bonds. The number of aromatic nitrogens is 3. The molecule has 122 valence electrons. The van der Waals surface area contributed by atoms with Crippen LogP contribution in [-0.2, 0) is 0 Å². The van der Waals surface area contributed by atoms with Crippen molar-refractivity contribution in [3.05, 3.63) is 41.7 Å². The molecule has 0 radical (unpaired) electrons. The molecule has 0 spiro atoms. The lowest BCUT2D eigenvalue weighted by Crippen LogP contribution is -2.27. The number of rotatable bonds is 4. The quantitative estimate of drug-likeness (QED) is 0.866. The molecule has 3 rings (SSSR count). The number of hydrogen-bond donors (Lipinski definition) is 0. The van der Waals surface area contributed by atoms with Crippen LogP contribution < -0.4 is 9.80 Å². The molecule has 5 nitrogen and oxygen atoms in total. The smallest absolute Gasteiger partial charge is 0.230 e. The topological polar surface area (TPSA) is 45.2 Å². The molecule has 2 heterocycles. The van der Waals surface area contributed by atoms with Crippen LogP contribution in [0.3, 0.4) is 0 Å². The van der Waals surface area contributed by atoms with Crippen LogP contribution in [0.4, 0.5) is 11.9 Å². The van der Waals surface area contributed by atoms with Crippen molar-refractivity contribution in [1.82, 2.24) is 15.0 Å². The molecule has 1 aliphatic rings. The molecule has 0 N–H and O–H groups in total. The van der Waals surface area contributed by atoms with E-state index in [9.17, 15) is 0 Å². The fourth-order valence-corrected chi connectivity index (χ4v) is 2.98. The minimum absolute atomic E-state index is 0.285. The first kappa shape index (κ1) is 15.7. The van der Waals surface area contributed by atoms with Crippen LogP contribution in [0, 0.1) is 0 Å². The number of hydrogen-bond acceptors (Lipinski definition) is 5. The van der Waals surface area contributed by atoms with Gasteiger partial charge in [-0.2, -0.15) is 15.0 Å². The van der Waals surface area contributed by atoms with Gasteiger partial charge in [0.1, 0.15) is 5.82 Å². The first-order chi connectivity index (χ1) is 11.1. The van der Waals surface area contributed by atoms with E-state index in [1.54, 1.807) is 0 Å². The molecular weight excluding hydrogens is 286 g/mol. The van der Waals surface area contributed by atoms with Gasteiger partial charge in [-0.25, -0.2) is 0 Å². The lowest BCUT2D eigenvalue weighted by Gasteiger charge is -2.26. The number of nitrogens with zero attached hydrogens (tertiary/aromatic N) is 5. The summed E-state index contributed by atoms with van der Waals surface area (Å²) in [6.45, 7) is 5.24. The SMILES string of the molecule is CC(C)c1nc(N(C)C)nc(N2CCCC2c2ccccc2)n1. The summed E-state index contributed by atoms with van der Waals surface area (Å²) in [4.78, 5) is 18.3. The normalized spacial score (nSPS) is 17.8. The third-order valence-corrected chi connectivity index (χ3v) is 4.24. The Hall–Kier alpha value is -2.17. The third kappa shape index (κ3) is 3.28. The molecule has 1 fully saturated rings. The zero-order valence-electron chi connectivity index (χ0n) is 14.4. The minimum Gasteiger partial charge on any atom is -0.347 e. The van der Waals surface area contributed by atoms with Crippen LogP contribution in [0.2, 0.25) is 0 Å².